The number of amides is 1. The SMILES string of the molecule is C=C(C)CNC(=O)c1cnc(C)cn1. The van der Waals surface area contributed by atoms with Gasteiger partial charge in [-0.15, -0.1) is 0 Å². The minimum atomic E-state index is -0.222. The zero-order chi connectivity index (χ0) is 10.6. The lowest BCUT2D eigenvalue weighted by Crippen LogP contribution is -2.25. The second-order valence-electron chi connectivity index (χ2n) is 3.18. The van der Waals surface area contributed by atoms with E-state index < -0.39 is 0 Å². The van der Waals surface area contributed by atoms with Crippen molar-refractivity contribution in [3.05, 3.63) is 35.9 Å². The molecule has 0 unspecified atom stereocenters. The van der Waals surface area contributed by atoms with Crippen LogP contribution in [-0.2, 0) is 0 Å². The summed E-state index contributed by atoms with van der Waals surface area (Å²) < 4.78 is 0. The van der Waals surface area contributed by atoms with E-state index in [4.69, 9.17) is 0 Å². The van der Waals surface area contributed by atoms with Crippen molar-refractivity contribution in [1.82, 2.24) is 15.3 Å². The molecule has 0 aliphatic heterocycles. The Hall–Kier alpha value is -1.71. The number of carbonyl (C=O) groups is 1. The fraction of sp³-hybridized carbons (Fsp3) is 0.300. The maximum Gasteiger partial charge on any atom is 0.271 e. The van der Waals surface area contributed by atoms with Gasteiger partial charge in [0.1, 0.15) is 5.69 Å². The maximum atomic E-state index is 11.4. The van der Waals surface area contributed by atoms with Crippen LogP contribution in [0.15, 0.2) is 24.5 Å². The minimum absolute atomic E-state index is 0.222. The molecule has 0 aliphatic carbocycles. The number of hydrogen-bond donors (Lipinski definition) is 1. The first-order chi connectivity index (χ1) is 6.59. The zero-order valence-electron chi connectivity index (χ0n) is 8.37. The van der Waals surface area contributed by atoms with Crippen LogP contribution in [0.5, 0.6) is 0 Å². The summed E-state index contributed by atoms with van der Waals surface area (Å²) in [4.78, 5) is 19.3. The van der Waals surface area contributed by atoms with Gasteiger partial charge in [0.25, 0.3) is 5.91 Å². The normalized spacial score (nSPS) is 9.57. The number of carbonyl (C=O) groups excluding carboxylic acids is 1. The summed E-state index contributed by atoms with van der Waals surface area (Å²) in [5.41, 5.74) is 2.02. The van der Waals surface area contributed by atoms with Gasteiger partial charge in [-0.25, -0.2) is 4.98 Å². The lowest BCUT2D eigenvalue weighted by atomic mass is 10.3. The topological polar surface area (TPSA) is 54.9 Å². The van der Waals surface area contributed by atoms with Crippen molar-refractivity contribution >= 4 is 5.91 Å². The van der Waals surface area contributed by atoms with Crippen LogP contribution in [0.4, 0.5) is 0 Å². The van der Waals surface area contributed by atoms with Gasteiger partial charge in [0.15, 0.2) is 0 Å². The van der Waals surface area contributed by atoms with Crippen LogP contribution in [0.2, 0.25) is 0 Å². The van der Waals surface area contributed by atoms with Crippen molar-refractivity contribution in [1.29, 1.82) is 0 Å². The summed E-state index contributed by atoms with van der Waals surface area (Å²) in [7, 11) is 0. The molecule has 1 rings (SSSR count). The van der Waals surface area contributed by atoms with E-state index in [1.165, 1.54) is 6.20 Å². The maximum absolute atomic E-state index is 11.4. The third kappa shape index (κ3) is 2.97. The highest BCUT2D eigenvalue weighted by Gasteiger charge is 2.05. The molecule has 74 valence electrons. The van der Waals surface area contributed by atoms with Crippen LogP contribution in [0.25, 0.3) is 0 Å². The molecule has 4 nitrogen and oxygen atoms in total. The molecule has 1 amide bonds. The molecule has 0 spiro atoms. The van der Waals surface area contributed by atoms with Crippen molar-refractivity contribution in [2.45, 2.75) is 13.8 Å². The third-order valence-corrected chi connectivity index (χ3v) is 1.56. The number of nitrogens with zero attached hydrogens (tertiary/aromatic N) is 2. The van der Waals surface area contributed by atoms with Gasteiger partial charge in [-0.1, -0.05) is 12.2 Å². The molecular formula is C10H13N3O. The molecule has 0 bridgehead atoms. The van der Waals surface area contributed by atoms with Gasteiger partial charge in [-0.05, 0) is 13.8 Å². The number of hydrogen-bond acceptors (Lipinski definition) is 3. The molecule has 0 saturated heterocycles. The van der Waals surface area contributed by atoms with E-state index in [1.807, 2.05) is 13.8 Å². The number of rotatable bonds is 3. The highest BCUT2D eigenvalue weighted by atomic mass is 16.1. The smallest absolute Gasteiger partial charge is 0.271 e. The first kappa shape index (κ1) is 10.4. The Kier molecular flexibility index (Phi) is 3.34. The lowest BCUT2D eigenvalue weighted by Gasteiger charge is -2.03. The Labute approximate surface area is 83.1 Å². The van der Waals surface area contributed by atoms with Crippen molar-refractivity contribution in [2.24, 2.45) is 0 Å². The summed E-state index contributed by atoms with van der Waals surface area (Å²) in [6.45, 7) is 7.82. The Morgan fingerprint density at radius 3 is 2.71 bits per heavy atom. The van der Waals surface area contributed by atoms with E-state index in [1.54, 1.807) is 6.20 Å². The van der Waals surface area contributed by atoms with Crippen molar-refractivity contribution in [3.63, 3.8) is 0 Å². The summed E-state index contributed by atoms with van der Waals surface area (Å²) >= 11 is 0. The molecule has 1 aromatic heterocycles. The largest absolute Gasteiger partial charge is 0.347 e. The van der Waals surface area contributed by atoms with E-state index in [0.717, 1.165) is 11.3 Å². The number of aryl methyl sites for hydroxylation is 1. The number of aromatic nitrogens is 2. The van der Waals surface area contributed by atoms with Crippen LogP contribution in [0, 0.1) is 6.92 Å². The van der Waals surface area contributed by atoms with Crippen LogP contribution >= 0.6 is 0 Å². The average molecular weight is 191 g/mol. The number of nitrogens with one attached hydrogen (secondary N) is 1. The molecule has 4 heteroatoms. The highest BCUT2D eigenvalue weighted by Crippen LogP contribution is 1.94. The Morgan fingerprint density at radius 1 is 1.50 bits per heavy atom. The van der Waals surface area contributed by atoms with Crippen molar-refractivity contribution in [3.8, 4) is 0 Å². The van der Waals surface area contributed by atoms with Gasteiger partial charge in [0.05, 0.1) is 11.9 Å². The van der Waals surface area contributed by atoms with Crippen LogP contribution < -0.4 is 5.32 Å². The molecule has 0 fully saturated rings. The standard InChI is InChI=1S/C10H13N3O/c1-7(2)4-13-10(14)9-6-11-8(3)5-12-9/h5-6H,1,4H2,2-3H3,(H,13,14). The minimum Gasteiger partial charge on any atom is -0.347 e. The van der Waals surface area contributed by atoms with Gasteiger partial charge < -0.3 is 5.32 Å². The van der Waals surface area contributed by atoms with E-state index in [-0.39, 0.29) is 5.91 Å². The van der Waals surface area contributed by atoms with Gasteiger partial charge >= 0.3 is 0 Å². The Bertz CT molecular complexity index is 343. The summed E-state index contributed by atoms with van der Waals surface area (Å²) in [6, 6.07) is 0. The molecule has 0 radical (unpaired) electrons. The van der Waals surface area contributed by atoms with Crippen LogP contribution in [0.1, 0.15) is 23.1 Å². The molecular weight excluding hydrogens is 178 g/mol. The molecule has 1 aromatic rings. The van der Waals surface area contributed by atoms with Gasteiger partial charge in [-0.2, -0.15) is 0 Å². The van der Waals surface area contributed by atoms with Gasteiger partial charge in [0.2, 0.25) is 0 Å². The molecule has 0 saturated carbocycles. The van der Waals surface area contributed by atoms with Gasteiger partial charge in [-0.3, -0.25) is 9.78 Å². The van der Waals surface area contributed by atoms with E-state index in [9.17, 15) is 4.79 Å². The first-order valence-corrected chi connectivity index (χ1v) is 4.31. The van der Waals surface area contributed by atoms with E-state index in [0.29, 0.717) is 12.2 Å². The van der Waals surface area contributed by atoms with E-state index >= 15 is 0 Å². The van der Waals surface area contributed by atoms with Crippen molar-refractivity contribution in [2.75, 3.05) is 6.54 Å². The Morgan fingerprint density at radius 2 is 2.21 bits per heavy atom. The fourth-order valence-electron chi connectivity index (χ4n) is 0.832. The fourth-order valence-corrected chi connectivity index (χ4v) is 0.832. The molecule has 0 aliphatic rings. The first-order valence-electron chi connectivity index (χ1n) is 4.31. The van der Waals surface area contributed by atoms with E-state index in [2.05, 4.69) is 21.9 Å². The van der Waals surface area contributed by atoms with Crippen LogP contribution in [-0.4, -0.2) is 22.4 Å². The lowest BCUT2D eigenvalue weighted by molar-refractivity contribution is 0.0951. The molecule has 1 N–H and O–H groups in total. The predicted octanol–water partition coefficient (Wildman–Crippen LogP) is 1.09. The molecule has 0 aromatic carbocycles. The molecule has 0 atom stereocenters. The second-order valence-corrected chi connectivity index (χ2v) is 3.18. The summed E-state index contributed by atoms with van der Waals surface area (Å²) in [5, 5.41) is 2.68. The van der Waals surface area contributed by atoms with Crippen molar-refractivity contribution < 1.29 is 4.79 Å². The summed E-state index contributed by atoms with van der Waals surface area (Å²) in [6.07, 6.45) is 3.03. The summed E-state index contributed by atoms with van der Waals surface area (Å²) in [5.74, 6) is -0.222. The molecule has 1 heterocycles. The Balaban J connectivity index is 2.61. The average Bonchev–Trinajstić information content (AvgIpc) is 2.15. The quantitative estimate of drug-likeness (QED) is 0.728. The second kappa shape index (κ2) is 4.50. The third-order valence-electron chi connectivity index (χ3n) is 1.56. The monoisotopic (exact) mass is 191 g/mol. The predicted molar refractivity (Wildman–Crippen MR) is 53.9 cm³/mol. The van der Waals surface area contributed by atoms with Gasteiger partial charge in [0, 0.05) is 12.7 Å². The van der Waals surface area contributed by atoms with Crippen LogP contribution in [0.3, 0.4) is 0 Å². The molecule has 14 heavy (non-hydrogen) atoms. The zero-order valence-corrected chi connectivity index (χ0v) is 8.37. The highest BCUT2D eigenvalue weighted by molar-refractivity contribution is 5.91.